The van der Waals surface area contributed by atoms with E-state index in [1.807, 2.05) is 24.3 Å². The molecule has 1 fully saturated rings. The maximum absolute atomic E-state index is 6.47. The molecule has 3 N–H and O–H groups in total. The number of nitrogens with two attached hydrogens (primary N) is 1. The zero-order valence-corrected chi connectivity index (χ0v) is 13.8. The molecule has 0 saturated carbocycles. The van der Waals surface area contributed by atoms with Crippen LogP contribution in [0.2, 0.25) is 5.02 Å². The van der Waals surface area contributed by atoms with E-state index in [4.69, 9.17) is 26.7 Å². The Morgan fingerprint density at radius 2 is 2.04 bits per heavy atom. The molecule has 0 aliphatic carbocycles. The third kappa shape index (κ3) is 2.82. The number of rotatable bonds is 3. The van der Waals surface area contributed by atoms with Crippen LogP contribution in [0.15, 0.2) is 28.7 Å². The minimum Gasteiger partial charge on any atom is -0.419 e. The fraction of sp³-hybridized carbons (Fsp3) is 0.312. The molecule has 0 amide bonds. The quantitative estimate of drug-likeness (QED) is 0.748. The molecule has 1 aliphatic heterocycles. The Kier molecular flexibility index (Phi) is 4.05. The molecule has 3 heterocycles. The van der Waals surface area contributed by atoms with Gasteiger partial charge in [0.15, 0.2) is 0 Å². The van der Waals surface area contributed by atoms with Crippen LogP contribution in [0, 0.1) is 0 Å². The van der Waals surface area contributed by atoms with Gasteiger partial charge in [-0.1, -0.05) is 11.6 Å². The highest BCUT2D eigenvalue weighted by Gasteiger charge is 2.16. The topological polar surface area (TPSA) is 93.1 Å². The lowest BCUT2D eigenvalue weighted by molar-refractivity contribution is 0.509. The lowest BCUT2D eigenvalue weighted by Crippen LogP contribution is -2.44. The predicted molar refractivity (Wildman–Crippen MR) is 93.0 cm³/mol. The largest absolute Gasteiger partial charge is 0.419 e. The number of pyridine rings is 1. The summed E-state index contributed by atoms with van der Waals surface area (Å²) in [6, 6.07) is 7.74. The van der Waals surface area contributed by atoms with E-state index < -0.39 is 0 Å². The highest BCUT2D eigenvalue weighted by atomic mass is 35.5. The van der Waals surface area contributed by atoms with Crippen molar-refractivity contribution in [1.29, 1.82) is 0 Å². The average molecular weight is 345 g/mol. The van der Waals surface area contributed by atoms with Crippen LogP contribution in [-0.2, 0) is 6.54 Å². The molecule has 8 heteroatoms. The smallest absolute Gasteiger partial charge is 0.247 e. The van der Waals surface area contributed by atoms with Crippen molar-refractivity contribution >= 4 is 28.3 Å². The SMILES string of the molecule is NCc1nnc(-c2ccc3nc(N4CCNCC4)c(Cl)cc3c2)o1. The van der Waals surface area contributed by atoms with Gasteiger partial charge in [-0.05, 0) is 24.3 Å². The Balaban J connectivity index is 1.72. The standard InChI is InChI=1S/C16H17ClN6O/c17-12-8-11-7-10(16-22-21-14(9-18)24-16)1-2-13(11)20-15(12)23-5-3-19-4-6-23/h1-2,7-8,19H,3-6,9,18H2. The van der Waals surface area contributed by atoms with E-state index in [1.165, 1.54) is 0 Å². The van der Waals surface area contributed by atoms with Crippen LogP contribution in [0.4, 0.5) is 5.82 Å². The van der Waals surface area contributed by atoms with Crippen molar-refractivity contribution in [2.75, 3.05) is 31.1 Å². The maximum atomic E-state index is 6.47. The van der Waals surface area contributed by atoms with Gasteiger partial charge in [0, 0.05) is 37.1 Å². The Bertz CT molecular complexity index is 874. The number of halogens is 1. The minimum atomic E-state index is 0.224. The predicted octanol–water partition coefficient (Wildman–Crippen LogP) is 1.81. The Labute approximate surface area is 143 Å². The molecular weight excluding hydrogens is 328 g/mol. The van der Waals surface area contributed by atoms with Crippen LogP contribution in [0.25, 0.3) is 22.4 Å². The Morgan fingerprint density at radius 1 is 1.21 bits per heavy atom. The second-order valence-corrected chi connectivity index (χ2v) is 6.05. The van der Waals surface area contributed by atoms with Crippen molar-refractivity contribution < 1.29 is 4.42 Å². The van der Waals surface area contributed by atoms with Crippen LogP contribution in [-0.4, -0.2) is 41.4 Å². The van der Waals surface area contributed by atoms with Gasteiger partial charge < -0.3 is 20.4 Å². The third-order valence-electron chi connectivity index (χ3n) is 4.05. The van der Waals surface area contributed by atoms with Crippen molar-refractivity contribution in [3.8, 4) is 11.5 Å². The van der Waals surface area contributed by atoms with E-state index >= 15 is 0 Å². The summed E-state index contributed by atoms with van der Waals surface area (Å²) in [5.41, 5.74) is 7.21. The summed E-state index contributed by atoms with van der Waals surface area (Å²) in [7, 11) is 0. The summed E-state index contributed by atoms with van der Waals surface area (Å²) in [5.74, 6) is 1.69. The molecule has 4 rings (SSSR count). The first-order chi connectivity index (χ1) is 11.7. The fourth-order valence-electron chi connectivity index (χ4n) is 2.82. The van der Waals surface area contributed by atoms with Gasteiger partial charge >= 0.3 is 0 Å². The molecule has 3 aromatic rings. The molecule has 24 heavy (non-hydrogen) atoms. The zero-order valence-electron chi connectivity index (χ0n) is 13.0. The summed E-state index contributed by atoms with van der Waals surface area (Å²) in [6.07, 6.45) is 0. The monoisotopic (exact) mass is 344 g/mol. The number of benzene rings is 1. The van der Waals surface area contributed by atoms with Crippen LogP contribution in [0.1, 0.15) is 5.89 Å². The number of aromatic nitrogens is 3. The average Bonchev–Trinajstić information content (AvgIpc) is 3.10. The molecule has 0 spiro atoms. The van der Waals surface area contributed by atoms with E-state index in [0.29, 0.717) is 16.8 Å². The van der Waals surface area contributed by atoms with E-state index in [9.17, 15) is 0 Å². The van der Waals surface area contributed by atoms with Crippen molar-refractivity contribution in [2.24, 2.45) is 5.73 Å². The first kappa shape index (κ1) is 15.3. The second-order valence-electron chi connectivity index (χ2n) is 5.64. The van der Waals surface area contributed by atoms with Crippen LogP contribution in [0.3, 0.4) is 0 Å². The number of anilines is 1. The molecule has 2 aromatic heterocycles. The van der Waals surface area contributed by atoms with Crippen molar-refractivity contribution in [3.05, 3.63) is 35.2 Å². The zero-order chi connectivity index (χ0) is 16.5. The first-order valence-corrected chi connectivity index (χ1v) is 8.21. The maximum Gasteiger partial charge on any atom is 0.247 e. The van der Waals surface area contributed by atoms with Crippen molar-refractivity contribution in [2.45, 2.75) is 6.54 Å². The Hall–Kier alpha value is -2.22. The molecular formula is C16H17ClN6O. The van der Waals surface area contributed by atoms with E-state index in [2.05, 4.69) is 20.4 Å². The van der Waals surface area contributed by atoms with Gasteiger partial charge in [-0.25, -0.2) is 4.98 Å². The molecule has 7 nitrogen and oxygen atoms in total. The van der Waals surface area contributed by atoms with Gasteiger partial charge in [0.1, 0.15) is 5.82 Å². The number of nitrogens with zero attached hydrogens (tertiary/aromatic N) is 4. The van der Waals surface area contributed by atoms with Crippen LogP contribution >= 0.6 is 11.6 Å². The lowest BCUT2D eigenvalue weighted by atomic mass is 10.1. The molecule has 0 radical (unpaired) electrons. The highest BCUT2D eigenvalue weighted by molar-refractivity contribution is 6.33. The molecule has 0 unspecified atom stereocenters. The fourth-order valence-corrected chi connectivity index (χ4v) is 3.10. The van der Waals surface area contributed by atoms with Crippen LogP contribution in [0.5, 0.6) is 0 Å². The highest BCUT2D eigenvalue weighted by Crippen LogP contribution is 2.30. The first-order valence-electron chi connectivity index (χ1n) is 7.83. The number of hydrogen-bond acceptors (Lipinski definition) is 7. The van der Waals surface area contributed by atoms with Gasteiger partial charge in [0.2, 0.25) is 11.8 Å². The molecule has 0 atom stereocenters. The van der Waals surface area contributed by atoms with E-state index in [0.717, 1.165) is 48.5 Å². The normalized spacial score (nSPS) is 15.2. The van der Waals surface area contributed by atoms with Gasteiger partial charge in [0.05, 0.1) is 17.1 Å². The second kappa shape index (κ2) is 6.35. The minimum absolute atomic E-state index is 0.224. The summed E-state index contributed by atoms with van der Waals surface area (Å²) in [6.45, 7) is 3.91. The van der Waals surface area contributed by atoms with E-state index in [1.54, 1.807) is 0 Å². The Morgan fingerprint density at radius 3 is 2.79 bits per heavy atom. The van der Waals surface area contributed by atoms with Gasteiger partial charge in [0.25, 0.3) is 0 Å². The third-order valence-corrected chi connectivity index (χ3v) is 4.33. The summed E-state index contributed by atoms with van der Waals surface area (Å²) in [4.78, 5) is 6.94. The molecule has 0 bridgehead atoms. The van der Waals surface area contributed by atoms with Gasteiger partial charge in [-0.2, -0.15) is 0 Å². The molecule has 1 aromatic carbocycles. The number of fused-ring (bicyclic) bond motifs is 1. The molecule has 1 aliphatic rings. The van der Waals surface area contributed by atoms with Crippen molar-refractivity contribution in [1.82, 2.24) is 20.5 Å². The van der Waals surface area contributed by atoms with Gasteiger partial charge in [-0.3, -0.25) is 0 Å². The summed E-state index contributed by atoms with van der Waals surface area (Å²) in [5, 5.41) is 12.8. The summed E-state index contributed by atoms with van der Waals surface area (Å²) >= 11 is 6.47. The number of piperazine rings is 1. The molecule has 124 valence electrons. The number of hydrogen-bond donors (Lipinski definition) is 2. The molecule has 1 saturated heterocycles. The van der Waals surface area contributed by atoms with E-state index in [-0.39, 0.29) is 6.54 Å². The summed E-state index contributed by atoms with van der Waals surface area (Å²) < 4.78 is 5.50. The number of nitrogens with one attached hydrogen (secondary N) is 1. The van der Waals surface area contributed by atoms with Crippen molar-refractivity contribution in [3.63, 3.8) is 0 Å². The van der Waals surface area contributed by atoms with Gasteiger partial charge in [-0.15, -0.1) is 10.2 Å². The van der Waals surface area contributed by atoms with Crippen LogP contribution < -0.4 is 16.0 Å². The lowest BCUT2D eigenvalue weighted by Gasteiger charge is -2.29.